The van der Waals surface area contributed by atoms with Crippen LogP contribution in [0.3, 0.4) is 0 Å². The van der Waals surface area contributed by atoms with Crippen LogP contribution in [0.2, 0.25) is 0 Å². The Morgan fingerprint density at radius 3 is 2.00 bits per heavy atom. The fraction of sp³-hybridized carbons (Fsp3) is 0.455. The van der Waals surface area contributed by atoms with E-state index < -0.39 is 9.93 Å². The molecule has 0 fully saturated rings. The van der Waals surface area contributed by atoms with E-state index >= 15 is 0 Å². The first-order chi connectivity index (χ1) is 6.38. The molecule has 0 unspecified atom stereocenters. The molecule has 14 heavy (non-hydrogen) atoms. The molecule has 0 saturated heterocycles. The monoisotopic (exact) mass is 212 g/mol. The highest BCUT2D eigenvalue weighted by Crippen LogP contribution is 2.15. The molecule has 0 aliphatic carbocycles. The Morgan fingerprint density at radius 1 is 1.14 bits per heavy atom. The lowest BCUT2D eigenvalue weighted by atomic mass is 10.2. The third-order valence-corrected chi connectivity index (χ3v) is 3.00. The number of rotatable bonds is 3. The van der Waals surface area contributed by atoms with Crippen LogP contribution in [0.25, 0.3) is 0 Å². The smallest absolute Gasteiger partial charge is 0.136 e. The Morgan fingerprint density at radius 2 is 1.64 bits per heavy atom. The standard InChI is InChI=1S/C11H18NOS/c1-12(2)11-7-5-10(6-8-11)9-14(3,4)13/h5-8H,9H2,1-4H3/q+1. The fourth-order valence-corrected chi connectivity index (χ4v) is 2.29. The molecule has 0 radical (unpaired) electrons. The van der Waals surface area contributed by atoms with Crippen LogP contribution in [-0.4, -0.2) is 26.6 Å². The zero-order chi connectivity index (χ0) is 10.8. The Kier molecular flexibility index (Phi) is 3.32. The SMILES string of the molecule is CN(C)c1ccc(C[S+](C)(C)=O)cc1. The minimum atomic E-state index is -1.67. The van der Waals surface area contributed by atoms with Gasteiger partial charge in [0.2, 0.25) is 0 Å². The van der Waals surface area contributed by atoms with Crippen molar-refractivity contribution in [3.05, 3.63) is 29.8 Å². The van der Waals surface area contributed by atoms with Crippen molar-refractivity contribution in [3.8, 4) is 0 Å². The molecule has 1 aromatic rings. The predicted octanol–water partition coefficient (Wildman–Crippen LogP) is 2.01. The number of hydrogen-bond acceptors (Lipinski definition) is 2. The van der Waals surface area contributed by atoms with Crippen LogP contribution in [0, 0.1) is 0 Å². The summed E-state index contributed by atoms with van der Waals surface area (Å²) in [6.45, 7) is 0. The van der Waals surface area contributed by atoms with Gasteiger partial charge in [-0.15, -0.1) is 4.21 Å². The number of benzene rings is 1. The van der Waals surface area contributed by atoms with Gasteiger partial charge in [-0.1, -0.05) is 12.1 Å². The van der Waals surface area contributed by atoms with Gasteiger partial charge in [-0.2, -0.15) is 0 Å². The van der Waals surface area contributed by atoms with Gasteiger partial charge in [0.05, 0.1) is 9.93 Å². The van der Waals surface area contributed by atoms with E-state index in [1.807, 2.05) is 26.2 Å². The number of anilines is 1. The molecule has 2 nitrogen and oxygen atoms in total. The van der Waals surface area contributed by atoms with Gasteiger partial charge < -0.3 is 4.90 Å². The van der Waals surface area contributed by atoms with E-state index in [4.69, 9.17) is 0 Å². The average molecular weight is 212 g/mol. The minimum Gasteiger partial charge on any atom is -0.378 e. The summed E-state index contributed by atoms with van der Waals surface area (Å²) in [7, 11) is 2.35. The first kappa shape index (κ1) is 11.2. The fourth-order valence-electron chi connectivity index (χ4n) is 1.29. The second kappa shape index (κ2) is 4.13. The maximum atomic E-state index is 11.6. The first-order valence-electron chi connectivity index (χ1n) is 4.56. The van der Waals surface area contributed by atoms with Gasteiger partial charge in [0.15, 0.2) is 0 Å². The van der Waals surface area contributed by atoms with Gasteiger partial charge in [0.1, 0.15) is 18.3 Å². The number of nitrogens with zero attached hydrogens (tertiary/aromatic N) is 1. The summed E-state index contributed by atoms with van der Waals surface area (Å²) in [6, 6.07) is 8.20. The lowest BCUT2D eigenvalue weighted by Crippen LogP contribution is -2.10. The molecule has 3 heteroatoms. The van der Waals surface area contributed by atoms with Crippen LogP contribution in [0.15, 0.2) is 24.3 Å². The second-order valence-corrected chi connectivity index (χ2v) is 7.30. The van der Waals surface area contributed by atoms with Crippen molar-refractivity contribution in [1.82, 2.24) is 0 Å². The molecule has 0 N–H and O–H groups in total. The Hall–Kier alpha value is -0.830. The van der Waals surface area contributed by atoms with Gasteiger partial charge in [-0.25, -0.2) is 0 Å². The van der Waals surface area contributed by atoms with Crippen LogP contribution < -0.4 is 4.90 Å². The topological polar surface area (TPSA) is 20.3 Å². The van der Waals surface area contributed by atoms with Crippen LogP contribution in [-0.2, 0) is 19.9 Å². The zero-order valence-corrected chi connectivity index (χ0v) is 10.1. The normalized spacial score (nSPS) is 11.4. The van der Waals surface area contributed by atoms with Crippen LogP contribution in [0.5, 0.6) is 0 Å². The molecule has 0 aromatic heterocycles. The maximum Gasteiger partial charge on any atom is 0.136 e. The zero-order valence-electron chi connectivity index (χ0n) is 9.28. The summed E-state index contributed by atoms with van der Waals surface area (Å²) in [5.41, 5.74) is 2.32. The number of hydrogen-bond donors (Lipinski definition) is 0. The van der Waals surface area contributed by atoms with Gasteiger partial charge in [0.25, 0.3) is 0 Å². The van der Waals surface area contributed by atoms with Gasteiger partial charge >= 0.3 is 0 Å². The lowest BCUT2D eigenvalue weighted by Gasteiger charge is -2.12. The van der Waals surface area contributed by atoms with Crippen molar-refractivity contribution in [1.29, 1.82) is 0 Å². The first-order valence-corrected chi connectivity index (χ1v) is 7.11. The van der Waals surface area contributed by atoms with Gasteiger partial charge in [0, 0.05) is 25.3 Å². The molecular formula is C11H18NOS+. The average Bonchev–Trinajstić information content (AvgIpc) is 2.02. The molecule has 0 bridgehead atoms. The summed E-state index contributed by atoms with van der Waals surface area (Å²) >= 11 is 0. The lowest BCUT2D eigenvalue weighted by molar-refractivity contribution is 0.590. The molecule has 0 saturated carbocycles. The van der Waals surface area contributed by atoms with Crippen molar-refractivity contribution in [3.63, 3.8) is 0 Å². The van der Waals surface area contributed by atoms with Gasteiger partial charge in [-0.3, -0.25) is 0 Å². The maximum absolute atomic E-state index is 11.6. The van der Waals surface area contributed by atoms with Gasteiger partial charge in [-0.05, 0) is 12.1 Å². The Balaban J connectivity index is 2.79. The Bertz CT molecular complexity index is 337. The third-order valence-electron chi connectivity index (χ3n) is 1.97. The molecule has 0 aliphatic heterocycles. The summed E-state index contributed by atoms with van der Waals surface area (Å²) < 4.78 is 11.6. The highest BCUT2D eigenvalue weighted by atomic mass is 32.2. The minimum absolute atomic E-state index is 0.667. The van der Waals surface area contributed by atoms with Crippen molar-refractivity contribution in [2.24, 2.45) is 0 Å². The van der Waals surface area contributed by atoms with Crippen molar-refractivity contribution in [2.75, 3.05) is 31.5 Å². The van der Waals surface area contributed by atoms with Crippen molar-refractivity contribution in [2.45, 2.75) is 5.75 Å². The highest BCUT2D eigenvalue weighted by molar-refractivity contribution is 8.00. The second-order valence-electron chi connectivity index (χ2n) is 4.14. The van der Waals surface area contributed by atoms with E-state index in [1.54, 1.807) is 12.5 Å². The van der Waals surface area contributed by atoms with E-state index in [0.29, 0.717) is 5.75 Å². The molecule has 1 rings (SSSR count). The molecule has 78 valence electrons. The van der Waals surface area contributed by atoms with Crippen LogP contribution in [0.4, 0.5) is 5.69 Å². The van der Waals surface area contributed by atoms with E-state index in [0.717, 1.165) is 5.56 Å². The molecule has 0 atom stereocenters. The summed E-state index contributed by atoms with van der Waals surface area (Å²) in [5, 5.41) is 0. The summed E-state index contributed by atoms with van der Waals surface area (Å²) in [4.78, 5) is 2.05. The molecular weight excluding hydrogens is 194 g/mol. The molecule has 1 aromatic carbocycles. The summed E-state index contributed by atoms with van der Waals surface area (Å²) in [5.74, 6) is 0.667. The van der Waals surface area contributed by atoms with E-state index in [2.05, 4.69) is 17.0 Å². The molecule has 0 amide bonds. The van der Waals surface area contributed by atoms with Crippen molar-refractivity contribution < 1.29 is 4.21 Å². The summed E-state index contributed by atoms with van der Waals surface area (Å²) in [6.07, 6.45) is 3.60. The van der Waals surface area contributed by atoms with E-state index in [-0.39, 0.29) is 0 Å². The van der Waals surface area contributed by atoms with Crippen LogP contribution in [0.1, 0.15) is 5.56 Å². The quantitative estimate of drug-likeness (QED) is 0.714. The predicted molar refractivity (Wildman–Crippen MR) is 64.4 cm³/mol. The van der Waals surface area contributed by atoms with Crippen molar-refractivity contribution >= 4 is 15.6 Å². The molecule has 0 spiro atoms. The third kappa shape index (κ3) is 3.50. The molecule has 0 heterocycles. The van der Waals surface area contributed by atoms with E-state index in [9.17, 15) is 4.21 Å². The molecule has 0 aliphatic rings. The van der Waals surface area contributed by atoms with E-state index in [1.165, 1.54) is 5.69 Å². The van der Waals surface area contributed by atoms with Crippen LogP contribution >= 0.6 is 0 Å². The Labute approximate surface area is 87.4 Å². The highest BCUT2D eigenvalue weighted by Gasteiger charge is 2.13. The largest absolute Gasteiger partial charge is 0.378 e.